The van der Waals surface area contributed by atoms with Crippen LogP contribution < -0.4 is 5.32 Å². The molecule has 5 heteroatoms. The number of benzene rings is 8. The van der Waals surface area contributed by atoms with Gasteiger partial charge in [0.25, 0.3) is 0 Å². The summed E-state index contributed by atoms with van der Waals surface area (Å²) in [4.78, 5) is 5.31. The van der Waals surface area contributed by atoms with Crippen LogP contribution in [0.5, 0.6) is 0 Å². The van der Waals surface area contributed by atoms with E-state index in [0.717, 1.165) is 12.1 Å². The molecule has 1 N–H and O–H groups in total. The van der Waals surface area contributed by atoms with Gasteiger partial charge in [0.15, 0.2) is 0 Å². The molecule has 0 bridgehead atoms. The molecular formula is C52H35N3S2. The van der Waals surface area contributed by atoms with E-state index in [9.17, 15) is 0 Å². The number of hydrogen-bond donors (Lipinski definition) is 1. The monoisotopic (exact) mass is 765 g/mol. The summed E-state index contributed by atoms with van der Waals surface area (Å²) in [5.41, 5.74) is 11.0. The number of nitrogens with one attached hydrogen (secondary N) is 1. The molecule has 0 radical (unpaired) electrons. The van der Waals surface area contributed by atoms with E-state index >= 15 is 0 Å². The summed E-state index contributed by atoms with van der Waals surface area (Å²) in [6, 6.07) is 66.9. The summed E-state index contributed by atoms with van der Waals surface area (Å²) in [7, 11) is 0. The fraction of sp³-hybridized carbons (Fsp3) is 0.0577. The van der Waals surface area contributed by atoms with E-state index in [2.05, 4.69) is 192 Å². The Kier molecular flexibility index (Phi) is 7.55. The quantitative estimate of drug-likeness (QED) is 0.186. The van der Waals surface area contributed by atoms with Crippen molar-refractivity contribution in [3.8, 4) is 16.8 Å². The Balaban J connectivity index is 0.926. The highest BCUT2D eigenvalue weighted by Crippen LogP contribution is 2.43. The van der Waals surface area contributed by atoms with Gasteiger partial charge in [-0.15, -0.1) is 22.7 Å². The van der Waals surface area contributed by atoms with Crippen molar-refractivity contribution in [1.82, 2.24) is 9.88 Å². The van der Waals surface area contributed by atoms with Crippen molar-refractivity contribution in [1.29, 1.82) is 0 Å². The minimum absolute atomic E-state index is 0.0978. The normalized spacial score (nSPS) is 16.0. The maximum absolute atomic E-state index is 5.31. The lowest BCUT2D eigenvalue weighted by Crippen LogP contribution is -2.33. The first-order valence-electron chi connectivity index (χ1n) is 19.6. The zero-order valence-corrected chi connectivity index (χ0v) is 32.5. The van der Waals surface area contributed by atoms with E-state index in [1.807, 2.05) is 22.7 Å². The van der Waals surface area contributed by atoms with Crippen molar-refractivity contribution in [3.05, 3.63) is 199 Å². The van der Waals surface area contributed by atoms with Crippen LogP contribution in [0, 0.1) is 0 Å². The second-order valence-electron chi connectivity index (χ2n) is 15.1. The third-order valence-corrected chi connectivity index (χ3v) is 14.0. The molecular weight excluding hydrogens is 731 g/mol. The second-order valence-corrected chi connectivity index (χ2v) is 17.2. The number of para-hydroxylation sites is 2. The summed E-state index contributed by atoms with van der Waals surface area (Å²) in [5, 5.41) is 11.6. The second kappa shape index (κ2) is 13.1. The molecule has 4 heterocycles. The van der Waals surface area contributed by atoms with Crippen LogP contribution in [0.2, 0.25) is 0 Å². The summed E-state index contributed by atoms with van der Waals surface area (Å²) >= 11 is 3.76. The average molecular weight is 766 g/mol. The number of fused-ring (bicyclic) bond motifs is 9. The Morgan fingerprint density at radius 2 is 1.07 bits per heavy atom. The van der Waals surface area contributed by atoms with Gasteiger partial charge in [0.1, 0.15) is 6.17 Å². The Bertz CT molecular complexity index is 3320. The number of rotatable bonds is 5. The van der Waals surface area contributed by atoms with Crippen LogP contribution >= 0.6 is 22.7 Å². The van der Waals surface area contributed by atoms with Crippen LogP contribution in [0.1, 0.15) is 35.3 Å². The Morgan fingerprint density at radius 1 is 0.456 bits per heavy atom. The Labute approximate surface area is 337 Å². The van der Waals surface area contributed by atoms with Crippen LogP contribution in [0.4, 0.5) is 0 Å². The van der Waals surface area contributed by atoms with Crippen LogP contribution in [0.3, 0.4) is 0 Å². The van der Waals surface area contributed by atoms with Gasteiger partial charge in [-0.25, -0.2) is 0 Å². The predicted octanol–water partition coefficient (Wildman–Crippen LogP) is 14.4. The molecule has 1 aliphatic rings. The lowest BCUT2D eigenvalue weighted by atomic mass is 9.93. The molecule has 12 rings (SSSR count). The molecule has 8 aromatic carbocycles. The van der Waals surface area contributed by atoms with Crippen LogP contribution in [0.25, 0.3) is 79.0 Å². The first-order valence-corrected chi connectivity index (χ1v) is 21.2. The van der Waals surface area contributed by atoms with Crippen molar-refractivity contribution in [2.24, 2.45) is 4.99 Å². The molecule has 0 fully saturated rings. The highest BCUT2D eigenvalue weighted by molar-refractivity contribution is 7.26. The molecule has 1 aliphatic heterocycles. The van der Waals surface area contributed by atoms with Gasteiger partial charge in [-0.3, -0.25) is 10.3 Å². The third-order valence-electron chi connectivity index (χ3n) is 11.8. The minimum Gasteiger partial charge on any atom is -0.309 e. The van der Waals surface area contributed by atoms with E-state index in [4.69, 9.17) is 4.99 Å². The lowest BCUT2D eigenvalue weighted by Gasteiger charge is -2.30. The fourth-order valence-electron chi connectivity index (χ4n) is 9.08. The standard InChI is InChI=1S/C52H35N3S2/c1-3-12-32(13-4-1)42-31-43(54-52(53-42)33-14-5-2-6-15-33)36-23-25-39-41-28-34(24-27-47(41)56-49(39)30-36)35-22-26-40-50(29-35)57-48-21-11-20-46(51(40)48)55-44-18-9-7-16-37(44)38-17-8-10-19-45(38)55/h1-30,42,52-53H,31H2/t42-,52?/m0/s1. The molecule has 11 aromatic rings. The topological polar surface area (TPSA) is 29.3 Å². The molecule has 0 amide bonds. The van der Waals surface area contributed by atoms with Crippen molar-refractivity contribution in [2.75, 3.05) is 0 Å². The molecule has 0 saturated heterocycles. The maximum atomic E-state index is 5.31. The summed E-state index contributed by atoms with van der Waals surface area (Å²) < 4.78 is 7.67. The number of aliphatic imine (C=N–C) groups is 1. The highest BCUT2D eigenvalue weighted by Gasteiger charge is 2.26. The zero-order valence-electron chi connectivity index (χ0n) is 30.9. The summed E-state index contributed by atoms with van der Waals surface area (Å²) in [6.45, 7) is 0. The van der Waals surface area contributed by atoms with Crippen LogP contribution in [-0.4, -0.2) is 10.3 Å². The number of aromatic nitrogens is 1. The van der Waals surface area contributed by atoms with E-state index in [1.165, 1.54) is 95.7 Å². The van der Waals surface area contributed by atoms with Gasteiger partial charge >= 0.3 is 0 Å². The van der Waals surface area contributed by atoms with E-state index in [0.29, 0.717) is 0 Å². The Hall–Kier alpha value is -6.37. The van der Waals surface area contributed by atoms with Gasteiger partial charge in [-0.05, 0) is 76.3 Å². The minimum atomic E-state index is -0.0978. The summed E-state index contributed by atoms with van der Waals surface area (Å²) in [6.07, 6.45) is 0.744. The molecule has 0 saturated carbocycles. The van der Waals surface area contributed by atoms with Gasteiger partial charge in [-0.1, -0.05) is 133 Å². The van der Waals surface area contributed by atoms with Crippen LogP contribution in [-0.2, 0) is 0 Å². The van der Waals surface area contributed by atoms with Crippen molar-refractivity contribution < 1.29 is 0 Å². The molecule has 0 spiro atoms. The SMILES string of the molecule is c1ccc(C2N=C(c3ccc4c(c3)sc3ccc(-c5ccc6c(c5)sc5cccc(-n7c8ccccc8c8ccccc87)c56)cc34)C[C@@H](c3ccccc3)N2)cc1. The average Bonchev–Trinajstić information content (AvgIpc) is 3.95. The molecule has 3 nitrogen and oxygen atoms in total. The zero-order chi connectivity index (χ0) is 37.5. The summed E-state index contributed by atoms with van der Waals surface area (Å²) in [5.74, 6) is 0. The van der Waals surface area contributed by atoms with Crippen molar-refractivity contribution >= 4 is 90.5 Å². The van der Waals surface area contributed by atoms with Gasteiger partial charge in [0, 0.05) is 69.3 Å². The van der Waals surface area contributed by atoms with Gasteiger partial charge < -0.3 is 4.57 Å². The van der Waals surface area contributed by atoms with Crippen molar-refractivity contribution in [3.63, 3.8) is 0 Å². The van der Waals surface area contributed by atoms with E-state index in [-0.39, 0.29) is 12.2 Å². The van der Waals surface area contributed by atoms with Crippen LogP contribution in [0.15, 0.2) is 187 Å². The predicted molar refractivity (Wildman–Crippen MR) is 245 cm³/mol. The van der Waals surface area contributed by atoms with Gasteiger partial charge in [-0.2, -0.15) is 0 Å². The van der Waals surface area contributed by atoms with Crippen molar-refractivity contribution in [2.45, 2.75) is 18.6 Å². The molecule has 2 atom stereocenters. The lowest BCUT2D eigenvalue weighted by molar-refractivity contribution is 0.442. The highest BCUT2D eigenvalue weighted by atomic mass is 32.1. The largest absolute Gasteiger partial charge is 0.309 e. The smallest absolute Gasteiger partial charge is 0.126 e. The number of nitrogens with zero attached hydrogens (tertiary/aromatic N) is 2. The Morgan fingerprint density at radius 3 is 1.86 bits per heavy atom. The first kappa shape index (κ1) is 32.8. The maximum Gasteiger partial charge on any atom is 0.126 e. The number of hydrogen-bond acceptors (Lipinski definition) is 4. The fourth-order valence-corrected chi connectivity index (χ4v) is 11.4. The molecule has 57 heavy (non-hydrogen) atoms. The third kappa shape index (κ3) is 5.38. The molecule has 0 aliphatic carbocycles. The number of thiophene rings is 2. The molecule has 1 unspecified atom stereocenters. The molecule has 3 aromatic heterocycles. The van der Waals surface area contributed by atoms with E-state index in [1.54, 1.807) is 0 Å². The van der Waals surface area contributed by atoms with Gasteiger partial charge in [0.05, 0.1) is 16.7 Å². The van der Waals surface area contributed by atoms with E-state index < -0.39 is 0 Å². The van der Waals surface area contributed by atoms with Gasteiger partial charge in [0.2, 0.25) is 0 Å². The first-order chi connectivity index (χ1) is 28.2. The molecule has 270 valence electrons.